The zero-order valence-electron chi connectivity index (χ0n) is 10.6. The summed E-state index contributed by atoms with van der Waals surface area (Å²) in [5, 5.41) is 2.67. The van der Waals surface area contributed by atoms with Crippen LogP contribution in [0.5, 0.6) is 0 Å². The first-order valence-electron chi connectivity index (χ1n) is 5.65. The molecule has 0 saturated carbocycles. The minimum Gasteiger partial charge on any atom is -0.466 e. The molecule has 19 heavy (non-hydrogen) atoms. The highest BCUT2D eigenvalue weighted by molar-refractivity contribution is 5.88. The first-order chi connectivity index (χ1) is 8.99. The number of esters is 1. The summed E-state index contributed by atoms with van der Waals surface area (Å²) in [6.45, 7) is 1.95. The Morgan fingerprint density at radius 2 is 1.89 bits per heavy atom. The van der Waals surface area contributed by atoms with E-state index in [1.165, 1.54) is 7.11 Å². The topological polar surface area (TPSA) is 38.3 Å². The normalized spacial score (nSPS) is 11.3. The van der Waals surface area contributed by atoms with Crippen molar-refractivity contribution >= 4 is 11.7 Å². The zero-order chi connectivity index (χ0) is 14.4. The number of anilines is 1. The van der Waals surface area contributed by atoms with Crippen LogP contribution in [0.1, 0.15) is 13.3 Å². The van der Waals surface area contributed by atoms with Gasteiger partial charge in [0.15, 0.2) is 17.5 Å². The number of rotatable bonds is 5. The monoisotopic (exact) mass is 273 g/mol. The molecule has 0 spiro atoms. The lowest BCUT2D eigenvalue weighted by atomic mass is 10.2. The van der Waals surface area contributed by atoms with Gasteiger partial charge >= 0.3 is 5.97 Å². The van der Waals surface area contributed by atoms with Gasteiger partial charge in [-0.15, -0.1) is 0 Å². The molecule has 0 heterocycles. The van der Waals surface area contributed by atoms with E-state index in [0.29, 0.717) is 12.0 Å². The van der Waals surface area contributed by atoms with Gasteiger partial charge < -0.3 is 10.1 Å². The number of hydrogen-bond donors (Lipinski definition) is 1. The maximum absolute atomic E-state index is 12.9. The number of methoxy groups -OCH3 is 1. The van der Waals surface area contributed by atoms with E-state index in [9.17, 15) is 18.0 Å². The average Bonchev–Trinajstić information content (AvgIpc) is 2.40. The maximum Gasteiger partial charge on any atom is 0.333 e. The SMILES string of the molecule is CC/C(=C/CNc1cc(F)c(F)c(F)c1)C(=O)OC. The van der Waals surface area contributed by atoms with Crippen molar-refractivity contribution in [3.8, 4) is 0 Å². The van der Waals surface area contributed by atoms with E-state index in [2.05, 4.69) is 10.1 Å². The van der Waals surface area contributed by atoms with Gasteiger partial charge in [-0.25, -0.2) is 18.0 Å². The van der Waals surface area contributed by atoms with Crippen LogP contribution in [0, 0.1) is 17.5 Å². The molecule has 1 aromatic carbocycles. The summed E-state index contributed by atoms with van der Waals surface area (Å²) in [7, 11) is 1.27. The van der Waals surface area contributed by atoms with Crippen LogP contribution in [0.15, 0.2) is 23.8 Å². The minimum atomic E-state index is -1.51. The summed E-state index contributed by atoms with van der Waals surface area (Å²) in [4.78, 5) is 11.3. The number of halogens is 3. The second kappa shape index (κ2) is 6.82. The van der Waals surface area contributed by atoms with Gasteiger partial charge in [0.2, 0.25) is 0 Å². The van der Waals surface area contributed by atoms with Crippen LogP contribution in [0.3, 0.4) is 0 Å². The van der Waals surface area contributed by atoms with E-state index >= 15 is 0 Å². The molecule has 0 unspecified atom stereocenters. The molecule has 0 radical (unpaired) electrons. The summed E-state index contributed by atoms with van der Waals surface area (Å²) in [6, 6.07) is 1.69. The van der Waals surface area contributed by atoms with Crippen LogP contribution in [-0.2, 0) is 9.53 Å². The molecular weight excluding hydrogens is 259 g/mol. The lowest BCUT2D eigenvalue weighted by Crippen LogP contribution is -2.07. The van der Waals surface area contributed by atoms with Gasteiger partial charge in [-0.1, -0.05) is 13.0 Å². The molecule has 0 aliphatic rings. The van der Waals surface area contributed by atoms with Crippen molar-refractivity contribution in [3.05, 3.63) is 41.2 Å². The van der Waals surface area contributed by atoms with Crippen molar-refractivity contribution in [1.29, 1.82) is 0 Å². The Morgan fingerprint density at radius 3 is 2.37 bits per heavy atom. The van der Waals surface area contributed by atoms with Crippen LogP contribution in [-0.4, -0.2) is 19.6 Å². The molecule has 0 saturated heterocycles. The van der Waals surface area contributed by atoms with E-state index < -0.39 is 23.4 Å². The van der Waals surface area contributed by atoms with Crippen molar-refractivity contribution in [2.45, 2.75) is 13.3 Å². The van der Waals surface area contributed by atoms with Crippen LogP contribution >= 0.6 is 0 Å². The molecule has 1 N–H and O–H groups in total. The van der Waals surface area contributed by atoms with Gasteiger partial charge in [0.1, 0.15) is 0 Å². The summed E-state index contributed by atoms with van der Waals surface area (Å²) in [6.07, 6.45) is 2.02. The van der Waals surface area contributed by atoms with Gasteiger partial charge in [-0.05, 0) is 6.42 Å². The van der Waals surface area contributed by atoms with Gasteiger partial charge in [0.05, 0.1) is 7.11 Å². The van der Waals surface area contributed by atoms with Gasteiger partial charge in [0, 0.05) is 29.9 Å². The third kappa shape index (κ3) is 4.01. The number of carbonyl (C=O) groups excluding carboxylic acids is 1. The Hall–Kier alpha value is -1.98. The standard InChI is InChI=1S/C13H14F3NO2/c1-3-8(13(18)19-2)4-5-17-9-6-10(14)12(16)11(15)7-9/h4,6-7,17H,3,5H2,1-2H3/b8-4-. The largest absolute Gasteiger partial charge is 0.466 e. The third-order valence-electron chi connectivity index (χ3n) is 2.47. The Morgan fingerprint density at radius 1 is 1.32 bits per heavy atom. The summed E-state index contributed by atoms with van der Waals surface area (Å²) < 4.78 is 43.1. The Labute approximate surface area is 109 Å². The first-order valence-corrected chi connectivity index (χ1v) is 5.65. The molecule has 0 aliphatic heterocycles. The number of nitrogens with one attached hydrogen (secondary N) is 1. The molecule has 0 fully saturated rings. The molecule has 3 nitrogen and oxygen atoms in total. The van der Waals surface area contributed by atoms with E-state index in [0.717, 1.165) is 12.1 Å². The number of carbonyl (C=O) groups is 1. The van der Waals surface area contributed by atoms with Crippen LogP contribution < -0.4 is 5.32 Å². The molecule has 104 valence electrons. The highest BCUT2D eigenvalue weighted by atomic mass is 19.2. The van der Waals surface area contributed by atoms with E-state index in [-0.39, 0.29) is 12.2 Å². The first kappa shape index (κ1) is 15.1. The Balaban J connectivity index is 2.72. The van der Waals surface area contributed by atoms with Crippen molar-refractivity contribution < 1.29 is 22.7 Å². The molecule has 0 atom stereocenters. The molecule has 1 aromatic rings. The van der Waals surface area contributed by atoms with Crippen LogP contribution in [0.2, 0.25) is 0 Å². The van der Waals surface area contributed by atoms with E-state index in [4.69, 9.17) is 0 Å². The fraction of sp³-hybridized carbons (Fsp3) is 0.308. The molecular formula is C13H14F3NO2. The van der Waals surface area contributed by atoms with Gasteiger partial charge in [-0.3, -0.25) is 0 Å². The smallest absolute Gasteiger partial charge is 0.333 e. The second-order valence-electron chi connectivity index (χ2n) is 3.71. The molecule has 1 rings (SSSR count). The molecule has 0 aromatic heterocycles. The Kier molecular flexibility index (Phi) is 5.41. The molecule has 0 aliphatic carbocycles. The van der Waals surface area contributed by atoms with Crippen molar-refractivity contribution in [1.82, 2.24) is 0 Å². The summed E-state index contributed by atoms with van der Waals surface area (Å²) >= 11 is 0. The van der Waals surface area contributed by atoms with Gasteiger partial charge in [0.25, 0.3) is 0 Å². The average molecular weight is 273 g/mol. The highest BCUT2D eigenvalue weighted by Crippen LogP contribution is 2.17. The van der Waals surface area contributed by atoms with Gasteiger partial charge in [-0.2, -0.15) is 0 Å². The molecule has 6 heteroatoms. The van der Waals surface area contributed by atoms with E-state index in [1.54, 1.807) is 13.0 Å². The lowest BCUT2D eigenvalue weighted by molar-refractivity contribution is -0.136. The fourth-order valence-electron chi connectivity index (χ4n) is 1.45. The van der Waals surface area contributed by atoms with Crippen LogP contribution in [0.4, 0.5) is 18.9 Å². The van der Waals surface area contributed by atoms with Crippen molar-refractivity contribution in [3.63, 3.8) is 0 Å². The summed E-state index contributed by atoms with van der Waals surface area (Å²) in [5.41, 5.74) is 0.533. The van der Waals surface area contributed by atoms with Crippen molar-refractivity contribution in [2.24, 2.45) is 0 Å². The van der Waals surface area contributed by atoms with Crippen molar-refractivity contribution in [2.75, 3.05) is 19.0 Å². The highest BCUT2D eigenvalue weighted by Gasteiger charge is 2.10. The quantitative estimate of drug-likeness (QED) is 0.509. The fourth-order valence-corrected chi connectivity index (χ4v) is 1.45. The number of hydrogen-bond acceptors (Lipinski definition) is 3. The number of ether oxygens (including phenoxy) is 1. The third-order valence-corrected chi connectivity index (χ3v) is 2.47. The zero-order valence-corrected chi connectivity index (χ0v) is 10.6. The Bertz CT molecular complexity index is 478. The molecule has 0 bridgehead atoms. The summed E-state index contributed by atoms with van der Waals surface area (Å²) in [5.74, 6) is -4.50. The molecule has 0 amide bonds. The van der Waals surface area contributed by atoms with E-state index in [1.807, 2.05) is 0 Å². The lowest BCUT2D eigenvalue weighted by Gasteiger charge is -2.06. The minimum absolute atomic E-state index is 0.0907. The predicted octanol–water partition coefficient (Wildman–Crippen LogP) is 3.03. The maximum atomic E-state index is 12.9. The second-order valence-corrected chi connectivity index (χ2v) is 3.71. The van der Waals surface area contributed by atoms with Crippen LogP contribution in [0.25, 0.3) is 0 Å². The number of benzene rings is 1. The predicted molar refractivity (Wildman–Crippen MR) is 65.2 cm³/mol.